The molecule has 1 aromatic heterocycles. The largest absolute Gasteiger partial charge is 0.327 e. The monoisotopic (exact) mass is 276 g/mol. The zero-order valence-electron chi connectivity index (χ0n) is 8.43. The number of rotatable bonds is 2. The van der Waals surface area contributed by atoms with Crippen LogP contribution in [-0.4, -0.2) is 9.55 Å². The Bertz CT molecular complexity index is 449. The second-order valence-corrected chi connectivity index (χ2v) is 4.48. The van der Waals surface area contributed by atoms with Crippen LogP contribution in [0.4, 0.5) is 0 Å². The lowest BCUT2D eigenvalue weighted by Gasteiger charge is -2.14. The molecule has 1 heterocycles. The topological polar surface area (TPSA) is 37.8 Å². The minimum atomic E-state index is -0.134. The number of nitrogens with one attached hydrogen (secondary N) is 1. The maximum atomic E-state index is 11.6. The number of aryl methyl sites for hydroxylation is 1. The fourth-order valence-corrected chi connectivity index (χ4v) is 1.92. The number of halogens is 1. The molecule has 0 amide bonds. The number of hydrogen-bond donors (Lipinski definition) is 1. The van der Waals surface area contributed by atoms with Crippen LogP contribution >= 0.6 is 28.1 Å². The maximum absolute atomic E-state index is 11.6. The molecule has 0 bridgehead atoms. The number of nitrogens with zero attached hydrogens (tertiary/aromatic N) is 1. The molecule has 0 saturated carbocycles. The lowest BCUT2D eigenvalue weighted by molar-refractivity contribution is 0.495. The van der Waals surface area contributed by atoms with Crippen molar-refractivity contribution < 1.29 is 0 Å². The zero-order chi connectivity index (χ0) is 10.9. The van der Waals surface area contributed by atoms with Crippen molar-refractivity contribution in [1.82, 2.24) is 9.55 Å². The predicted molar refractivity (Wildman–Crippen MR) is 63.3 cm³/mol. The van der Waals surface area contributed by atoms with Gasteiger partial charge >= 0.3 is 5.69 Å². The molecular formula is C9H13BrN2OS. The molecule has 0 spiro atoms. The van der Waals surface area contributed by atoms with Gasteiger partial charge in [0.25, 0.3) is 0 Å². The third kappa shape index (κ3) is 1.98. The summed E-state index contributed by atoms with van der Waals surface area (Å²) in [5.41, 5.74) is 0.643. The second-order valence-electron chi connectivity index (χ2n) is 3.30. The maximum Gasteiger partial charge on any atom is 0.327 e. The van der Waals surface area contributed by atoms with Crippen molar-refractivity contribution in [3.05, 3.63) is 25.3 Å². The van der Waals surface area contributed by atoms with E-state index in [0.29, 0.717) is 4.64 Å². The van der Waals surface area contributed by atoms with E-state index in [1.165, 1.54) is 0 Å². The summed E-state index contributed by atoms with van der Waals surface area (Å²) in [7, 11) is 0. The predicted octanol–water partition coefficient (Wildman–Crippen LogP) is 2.95. The van der Waals surface area contributed by atoms with Crippen molar-refractivity contribution in [3.63, 3.8) is 0 Å². The van der Waals surface area contributed by atoms with Crippen LogP contribution in [0, 0.1) is 11.6 Å². The first-order chi connectivity index (χ1) is 6.49. The second kappa shape index (κ2) is 4.40. The molecule has 1 rings (SSSR count). The number of hydrogen-bond acceptors (Lipinski definition) is 2. The molecule has 0 aliphatic carbocycles. The standard InChI is InChI=1S/C9H13BrN2OS/c1-4-5(2)12-8(14)7(10)6(3)11-9(12)13/h5H,4H2,1-3H3,(H,11,13). The van der Waals surface area contributed by atoms with E-state index in [-0.39, 0.29) is 11.7 Å². The van der Waals surface area contributed by atoms with Crippen LogP contribution < -0.4 is 5.69 Å². The number of H-pyrrole nitrogens is 1. The molecule has 1 aromatic rings. The molecule has 0 aromatic carbocycles. The summed E-state index contributed by atoms with van der Waals surface area (Å²) >= 11 is 8.57. The van der Waals surface area contributed by atoms with Crippen LogP contribution in [0.3, 0.4) is 0 Å². The van der Waals surface area contributed by atoms with Crippen molar-refractivity contribution in [2.45, 2.75) is 33.2 Å². The Balaban J connectivity index is 3.53. The van der Waals surface area contributed by atoms with E-state index >= 15 is 0 Å². The van der Waals surface area contributed by atoms with E-state index in [2.05, 4.69) is 20.9 Å². The molecule has 14 heavy (non-hydrogen) atoms. The normalized spacial score (nSPS) is 12.9. The third-order valence-electron chi connectivity index (χ3n) is 2.28. The molecule has 1 atom stereocenters. The summed E-state index contributed by atoms with van der Waals surface area (Å²) in [4.78, 5) is 14.4. The van der Waals surface area contributed by atoms with E-state index in [4.69, 9.17) is 12.2 Å². The van der Waals surface area contributed by atoms with Crippen molar-refractivity contribution >= 4 is 28.1 Å². The van der Waals surface area contributed by atoms with E-state index in [1.807, 2.05) is 20.8 Å². The highest BCUT2D eigenvalue weighted by Crippen LogP contribution is 2.17. The Morgan fingerprint density at radius 3 is 2.71 bits per heavy atom. The summed E-state index contributed by atoms with van der Waals surface area (Å²) in [5, 5.41) is 0. The summed E-state index contributed by atoms with van der Waals surface area (Å²) in [6, 6.07) is 0.128. The lowest BCUT2D eigenvalue weighted by atomic mass is 10.2. The van der Waals surface area contributed by atoms with Crippen LogP contribution in [0.5, 0.6) is 0 Å². The Hall–Kier alpha value is -0.420. The van der Waals surface area contributed by atoms with Gasteiger partial charge in [-0.1, -0.05) is 19.1 Å². The summed E-state index contributed by atoms with van der Waals surface area (Å²) in [6.45, 7) is 5.83. The van der Waals surface area contributed by atoms with Gasteiger partial charge in [-0.05, 0) is 36.2 Å². The fourth-order valence-electron chi connectivity index (χ4n) is 1.22. The van der Waals surface area contributed by atoms with Crippen LogP contribution in [0.1, 0.15) is 32.0 Å². The molecule has 1 N–H and O–H groups in total. The van der Waals surface area contributed by atoms with E-state index in [1.54, 1.807) is 4.57 Å². The highest BCUT2D eigenvalue weighted by atomic mass is 79.9. The Labute approximate surface area is 96.3 Å². The summed E-state index contributed by atoms with van der Waals surface area (Å²) in [5.74, 6) is 0. The summed E-state index contributed by atoms with van der Waals surface area (Å²) in [6.07, 6.45) is 0.882. The summed E-state index contributed by atoms with van der Waals surface area (Å²) < 4.78 is 2.97. The van der Waals surface area contributed by atoms with Gasteiger partial charge < -0.3 is 4.98 Å². The van der Waals surface area contributed by atoms with Gasteiger partial charge in [-0.25, -0.2) is 4.79 Å². The van der Waals surface area contributed by atoms with Crippen LogP contribution in [0.25, 0.3) is 0 Å². The van der Waals surface area contributed by atoms with Crippen molar-refractivity contribution in [3.8, 4) is 0 Å². The minimum Gasteiger partial charge on any atom is -0.310 e. The smallest absolute Gasteiger partial charge is 0.310 e. The SMILES string of the molecule is CCC(C)n1c(=O)[nH]c(C)c(Br)c1=S. The number of aromatic nitrogens is 2. The average Bonchev–Trinajstić information content (AvgIpc) is 2.14. The first-order valence-electron chi connectivity index (χ1n) is 4.50. The molecule has 78 valence electrons. The fraction of sp³-hybridized carbons (Fsp3) is 0.556. The Morgan fingerprint density at radius 1 is 1.64 bits per heavy atom. The van der Waals surface area contributed by atoms with Gasteiger partial charge in [-0.2, -0.15) is 0 Å². The van der Waals surface area contributed by atoms with Crippen LogP contribution in [0.15, 0.2) is 9.27 Å². The molecule has 0 fully saturated rings. The van der Waals surface area contributed by atoms with Crippen LogP contribution in [0.2, 0.25) is 0 Å². The lowest BCUT2D eigenvalue weighted by Crippen LogP contribution is -2.27. The first kappa shape index (κ1) is 11.7. The van der Waals surface area contributed by atoms with Crippen molar-refractivity contribution in [2.75, 3.05) is 0 Å². The van der Waals surface area contributed by atoms with Gasteiger partial charge in [-0.3, -0.25) is 4.57 Å². The molecule has 0 radical (unpaired) electrons. The van der Waals surface area contributed by atoms with E-state index in [0.717, 1.165) is 16.6 Å². The molecule has 3 nitrogen and oxygen atoms in total. The minimum absolute atomic E-state index is 0.128. The molecule has 1 unspecified atom stereocenters. The van der Waals surface area contributed by atoms with Gasteiger partial charge in [0.1, 0.15) is 4.64 Å². The zero-order valence-corrected chi connectivity index (χ0v) is 10.8. The highest BCUT2D eigenvalue weighted by molar-refractivity contribution is 9.10. The quantitative estimate of drug-likeness (QED) is 0.844. The molecule has 0 saturated heterocycles. The highest BCUT2D eigenvalue weighted by Gasteiger charge is 2.10. The Kier molecular flexibility index (Phi) is 3.66. The third-order valence-corrected chi connectivity index (χ3v) is 3.91. The molecule has 0 aliphatic rings. The van der Waals surface area contributed by atoms with Crippen molar-refractivity contribution in [2.24, 2.45) is 0 Å². The molecular weight excluding hydrogens is 264 g/mol. The van der Waals surface area contributed by atoms with Gasteiger partial charge in [0.2, 0.25) is 0 Å². The van der Waals surface area contributed by atoms with Gasteiger partial charge in [0.15, 0.2) is 0 Å². The van der Waals surface area contributed by atoms with Crippen LogP contribution in [-0.2, 0) is 0 Å². The van der Waals surface area contributed by atoms with Gasteiger partial charge in [0.05, 0.1) is 4.47 Å². The average molecular weight is 277 g/mol. The molecule has 0 aliphatic heterocycles. The van der Waals surface area contributed by atoms with E-state index < -0.39 is 0 Å². The first-order valence-corrected chi connectivity index (χ1v) is 5.70. The van der Waals surface area contributed by atoms with Gasteiger partial charge in [-0.15, -0.1) is 0 Å². The van der Waals surface area contributed by atoms with E-state index in [9.17, 15) is 4.79 Å². The molecule has 5 heteroatoms. The number of aromatic amines is 1. The Morgan fingerprint density at radius 2 is 2.21 bits per heavy atom. The van der Waals surface area contributed by atoms with Gasteiger partial charge in [0, 0.05) is 11.7 Å². The van der Waals surface area contributed by atoms with Crippen molar-refractivity contribution in [1.29, 1.82) is 0 Å².